The van der Waals surface area contributed by atoms with Crippen LogP contribution in [0.3, 0.4) is 0 Å². The van der Waals surface area contributed by atoms with Gasteiger partial charge in [-0.2, -0.15) is 0 Å². The monoisotopic (exact) mass is 376 g/mol. The van der Waals surface area contributed by atoms with Crippen molar-refractivity contribution in [2.24, 2.45) is 0 Å². The molecule has 0 amide bonds. The highest BCUT2D eigenvalue weighted by Gasteiger charge is 2.14. The van der Waals surface area contributed by atoms with Crippen LogP contribution in [0.2, 0.25) is 5.02 Å². The van der Waals surface area contributed by atoms with E-state index < -0.39 is 0 Å². The van der Waals surface area contributed by atoms with Gasteiger partial charge >= 0.3 is 0 Å². The highest BCUT2D eigenvalue weighted by atomic mass is 79.9. The Bertz CT molecular complexity index is 543. The zero-order valence-electron chi connectivity index (χ0n) is 8.75. The average Bonchev–Trinajstić information content (AvgIpc) is 2.27. The Labute approximate surface area is 120 Å². The number of rotatable bonds is 2. The fourth-order valence-electron chi connectivity index (χ4n) is 1.39. The number of methoxy groups -OCH3 is 1. The van der Waals surface area contributed by atoms with E-state index in [1.807, 2.05) is 12.1 Å². The maximum atomic E-state index is 6.16. The van der Waals surface area contributed by atoms with Crippen molar-refractivity contribution in [3.63, 3.8) is 0 Å². The first-order chi connectivity index (χ1) is 8.11. The normalized spacial score (nSPS) is 10.4. The molecule has 1 aromatic carbocycles. The third-order valence-corrected chi connectivity index (χ3v) is 3.21. The lowest BCUT2D eigenvalue weighted by molar-refractivity contribution is 0.416. The SMILES string of the molecule is COc1cccc(Cl)c1-c1nc(Br)cc(Br)n1. The number of aromatic nitrogens is 2. The Kier molecular flexibility index (Phi) is 4.01. The Hall–Kier alpha value is -0.650. The van der Waals surface area contributed by atoms with Crippen molar-refractivity contribution in [1.29, 1.82) is 0 Å². The van der Waals surface area contributed by atoms with Crippen LogP contribution in [0.4, 0.5) is 0 Å². The molecule has 0 aliphatic rings. The molecule has 1 aromatic heterocycles. The molecule has 0 N–H and O–H groups in total. The summed E-state index contributed by atoms with van der Waals surface area (Å²) in [6.07, 6.45) is 0. The van der Waals surface area contributed by atoms with E-state index in [-0.39, 0.29) is 0 Å². The Balaban J connectivity index is 2.67. The molecule has 2 rings (SSSR count). The molecular formula is C11H7Br2ClN2O. The van der Waals surface area contributed by atoms with E-state index in [2.05, 4.69) is 41.8 Å². The molecule has 0 radical (unpaired) electrons. The van der Waals surface area contributed by atoms with Gasteiger partial charge in [-0.15, -0.1) is 0 Å². The van der Waals surface area contributed by atoms with E-state index in [0.29, 0.717) is 31.4 Å². The van der Waals surface area contributed by atoms with E-state index in [9.17, 15) is 0 Å². The predicted octanol–water partition coefficient (Wildman–Crippen LogP) is 4.33. The summed E-state index contributed by atoms with van der Waals surface area (Å²) in [4.78, 5) is 8.57. The zero-order valence-corrected chi connectivity index (χ0v) is 12.7. The number of nitrogens with zero attached hydrogens (tertiary/aromatic N) is 2. The van der Waals surface area contributed by atoms with Gasteiger partial charge in [-0.25, -0.2) is 9.97 Å². The maximum Gasteiger partial charge on any atom is 0.166 e. The summed E-state index contributed by atoms with van der Waals surface area (Å²) in [5, 5.41) is 0.550. The maximum absolute atomic E-state index is 6.16. The van der Waals surface area contributed by atoms with Crippen LogP contribution in [0, 0.1) is 0 Å². The van der Waals surface area contributed by atoms with E-state index in [1.54, 1.807) is 19.2 Å². The molecule has 0 atom stereocenters. The van der Waals surface area contributed by atoms with Gasteiger partial charge in [0.25, 0.3) is 0 Å². The van der Waals surface area contributed by atoms with E-state index in [0.717, 1.165) is 0 Å². The molecule has 2 aromatic rings. The van der Waals surface area contributed by atoms with Crippen LogP contribution >= 0.6 is 43.5 Å². The highest BCUT2D eigenvalue weighted by molar-refractivity contribution is 9.11. The van der Waals surface area contributed by atoms with Crippen LogP contribution < -0.4 is 4.74 Å². The van der Waals surface area contributed by atoms with Gasteiger partial charge in [-0.3, -0.25) is 0 Å². The first kappa shape index (κ1) is 12.8. The number of hydrogen-bond acceptors (Lipinski definition) is 3. The van der Waals surface area contributed by atoms with Crippen molar-refractivity contribution in [3.05, 3.63) is 38.5 Å². The minimum absolute atomic E-state index is 0.508. The summed E-state index contributed by atoms with van der Waals surface area (Å²) in [5.74, 6) is 1.15. The fraction of sp³-hybridized carbons (Fsp3) is 0.0909. The van der Waals surface area contributed by atoms with E-state index in [1.165, 1.54) is 0 Å². The molecule has 0 bridgehead atoms. The molecule has 0 aliphatic carbocycles. The first-order valence-electron chi connectivity index (χ1n) is 4.65. The van der Waals surface area contributed by atoms with Crippen LogP contribution in [0.25, 0.3) is 11.4 Å². The molecule has 0 spiro atoms. The smallest absolute Gasteiger partial charge is 0.166 e. The zero-order chi connectivity index (χ0) is 12.4. The number of benzene rings is 1. The first-order valence-corrected chi connectivity index (χ1v) is 6.61. The summed E-state index contributed by atoms with van der Waals surface area (Å²) >= 11 is 12.8. The summed E-state index contributed by atoms with van der Waals surface area (Å²) in [6, 6.07) is 7.17. The molecular weight excluding hydrogens is 371 g/mol. The van der Waals surface area contributed by atoms with Crippen molar-refractivity contribution in [2.75, 3.05) is 7.11 Å². The van der Waals surface area contributed by atoms with Gasteiger partial charge in [-0.1, -0.05) is 17.7 Å². The van der Waals surface area contributed by atoms with Gasteiger partial charge in [0.2, 0.25) is 0 Å². The largest absolute Gasteiger partial charge is 0.496 e. The Morgan fingerprint density at radius 2 is 1.82 bits per heavy atom. The fourth-order valence-corrected chi connectivity index (χ4v) is 2.72. The quantitative estimate of drug-likeness (QED) is 0.730. The summed E-state index contributed by atoms with van der Waals surface area (Å²) in [6.45, 7) is 0. The van der Waals surface area contributed by atoms with Gasteiger partial charge in [0.15, 0.2) is 5.82 Å². The molecule has 88 valence electrons. The second kappa shape index (κ2) is 5.33. The second-order valence-electron chi connectivity index (χ2n) is 3.15. The van der Waals surface area contributed by atoms with Crippen molar-refractivity contribution < 1.29 is 4.74 Å². The summed E-state index contributed by atoms with van der Waals surface area (Å²) < 4.78 is 6.62. The lowest BCUT2D eigenvalue weighted by atomic mass is 10.2. The van der Waals surface area contributed by atoms with Crippen LogP contribution in [0.1, 0.15) is 0 Å². The lowest BCUT2D eigenvalue weighted by Crippen LogP contribution is -1.95. The third-order valence-electron chi connectivity index (χ3n) is 2.08. The van der Waals surface area contributed by atoms with Gasteiger partial charge in [0, 0.05) is 6.07 Å². The van der Waals surface area contributed by atoms with Crippen LogP contribution in [0.15, 0.2) is 33.5 Å². The van der Waals surface area contributed by atoms with E-state index >= 15 is 0 Å². The minimum Gasteiger partial charge on any atom is -0.496 e. The second-order valence-corrected chi connectivity index (χ2v) is 5.19. The van der Waals surface area contributed by atoms with Crippen molar-refractivity contribution in [1.82, 2.24) is 9.97 Å². The van der Waals surface area contributed by atoms with Gasteiger partial charge < -0.3 is 4.74 Å². The molecule has 0 aliphatic heterocycles. The molecule has 0 fully saturated rings. The molecule has 1 heterocycles. The topological polar surface area (TPSA) is 35.0 Å². The molecule has 17 heavy (non-hydrogen) atoms. The summed E-state index contributed by atoms with van der Waals surface area (Å²) in [5.41, 5.74) is 0.679. The van der Waals surface area contributed by atoms with Crippen LogP contribution in [-0.2, 0) is 0 Å². The van der Waals surface area contributed by atoms with Crippen LogP contribution in [-0.4, -0.2) is 17.1 Å². The predicted molar refractivity (Wildman–Crippen MR) is 74.4 cm³/mol. The standard InChI is InChI=1S/C11H7Br2ClN2O/c1-17-7-4-2-3-6(14)10(7)11-15-8(12)5-9(13)16-11/h2-5H,1H3. The number of halogens is 3. The molecule has 0 unspecified atom stereocenters. The van der Waals surface area contributed by atoms with Crippen molar-refractivity contribution in [3.8, 4) is 17.1 Å². The molecule has 0 saturated carbocycles. The van der Waals surface area contributed by atoms with Crippen molar-refractivity contribution in [2.45, 2.75) is 0 Å². The minimum atomic E-state index is 0.508. The lowest BCUT2D eigenvalue weighted by Gasteiger charge is -2.09. The number of ether oxygens (including phenoxy) is 1. The molecule has 0 saturated heterocycles. The Morgan fingerprint density at radius 3 is 2.41 bits per heavy atom. The van der Waals surface area contributed by atoms with Gasteiger partial charge in [-0.05, 0) is 44.0 Å². The third kappa shape index (κ3) is 2.78. The Morgan fingerprint density at radius 1 is 1.18 bits per heavy atom. The summed E-state index contributed by atoms with van der Waals surface area (Å²) in [7, 11) is 1.59. The molecule has 6 heteroatoms. The van der Waals surface area contributed by atoms with Crippen LogP contribution in [0.5, 0.6) is 5.75 Å². The molecule has 3 nitrogen and oxygen atoms in total. The number of hydrogen-bond donors (Lipinski definition) is 0. The van der Waals surface area contributed by atoms with Crippen molar-refractivity contribution >= 4 is 43.5 Å². The average molecular weight is 378 g/mol. The highest BCUT2D eigenvalue weighted by Crippen LogP contribution is 2.35. The van der Waals surface area contributed by atoms with Gasteiger partial charge in [0.05, 0.1) is 17.7 Å². The van der Waals surface area contributed by atoms with Gasteiger partial charge in [0.1, 0.15) is 15.0 Å². The van der Waals surface area contributed by atoms with E-state index in [4.69, 9.17) is 16.3 Å².